The summed E-state index contributed by atoms with van der Waals surface area (Å²) in [5.41, 5.74) is 9.41. The summed E-state index contributed by atoms with van der Waals surface area (Å²) in [6.07, 6.45) is 0.994. The standard InChI is InChI=1S/C30H30F3N7O2/c1-37-13-17(12-35-37)14-39-27-21(9-20(11-25(27)42-2)29(41)38-15-19-7-8-23(38)26(19)34)36-28(39)24-10-18-5-3-4-6-22(18)40(24)16-30(31,32)33/h3-6,9-13,19,23,26H,7-8,14-16,34H2,1-2H3. The van der Waals surface area contributed by atoms with E-state index in [0.29, 0.717) is 57.2 Å². The van der Waals surface area contributed by atoms with Crippen LogP contribution in [0, 0.1) is 5.92 Å². The quantitative estimate of drug-likeness (QED) is 0.319. The summed E-state index contributed by atoms with van der Waals surface area (Å²) >= 11 is 0. The van der Waals surface area contributed by atoms with Crippen LogP contribution in [0.3, 0.4) is 0 Å². The van der Waals surface area contributed by atoms with Gasteiger partial charge in [0.2, 0.25) is 0 Å². The number of methoxy groups -OCH3 is 1. The highest BCUT2D eigenvalue weighted by atomic mass is 19.4. The zero-order valence-corrected chi connectivity index (χ0v) is 23.2. The van der Waals surface area contributed by atoms with Crippen molar-refractivity contribution in [3.05, 3.63) is 66.0 Å². The fraction of sp³-hybridized carbons (Fsp3) is 0.367. The molecule has 0 radical (unpaired) electrons. The van der Waals surface area contributed by atoms with Crippen LogP contribution in [0.25, 0.3) is 33.5 Å². The Labute approximate surface area is 239 Å². The first kappa shape index (κ1) is 26.6. The average Bonchev–Trinajstić information content (AvgIpc) is 3.77. The monoisotopic (exact) mass is 577 g/mol. The molecule has 42 heavy (non-hydrogen) atoms. The molecule has 1 aliphatic heterocycles. The van der Waals surface area contributed by atoms with Gasteiger partial charge < -0.3 is 24.5 Å². The minimum Gasteiger partial charge on any atom is -0.494 e. The van der Waals surface area contributed by atoms with Gasteiger partial charge in [0.1, 0.15) is 17.8 Å². The number of imidazole rings is 1. The molecule has 9 nitrogen and oxygen atoms in total. The molecule has 3 unspecified atom stereocenters. The normalized spacial score (nSPS) is 20.3. The summed E-state index contributed by atoms with van der Waals surface area (Å²) in [6, 6.07) is 12.1. The average molecular weight is 578 g/mol. The Morgan fingerprint density at radius 1 is 1.14 bits per heavy atom. The number of rotatable bonds is 6. The number of carbonyl (C=O) groups is 1. The Kier molecular flexibility index (Phi) is 6.08. The van der Waals surface area contributed by atoms with Gasteiger partial charge in [-0.3, -0.25) is 9.48 Å². The molecule has 0 spiro atoms. The van der Waals surface area contributed by atoms with Gasteiger partial charge in [0.25, 0.3) is 5.91 Å². The highest BCUT2D eigenvalue weighted by Crippen LogP contribution is 2.40. The Bertz CT molecular complexity index is 1840. The maximum Gasteiger partial charge on any atom is 0.406 e. The largest absolute Gasteiger partial charge is 0.494 e. The zero-order valence-electron chi connectivity index (χ0n) is 23.2. The molecule has 1 saturated heterocycles. The summed E-state index contributed by atoms with van der Waals surface area (Å²) in [6.45, 7) is -0.282. The predicted molar refractivity (Wildman–Crippen MR) is 151 cm³/mol. The summed E-state index contributed by atoms with van der Waals surface area (Å²) < 4.78 is 52.2. The number of alkyl halides is 3. The third-order valence-corrected chi connectivity index (χ3v) is 8.66. The second-order valence-electron chi connectivity index (χ2n) is 11.3. The van der Waals surface area contributed by atoms with Crippen LogP contribution in [0.2, 0.25) is 0 Å². The van der Waals surface area contributed by atoms with Crippen molar-refractivity contribution in [1.82, 2.24) is 28.8 Å². The third-order valence-electron chi connectivity index (χ3n) is 8.66. The molecule has 3 atom stereocenters. The predicted octanol–water partition coefficient (Wildman–Crippen LogP) is 4.57. The van der Waals surface area contributed by atoms with E-state index in [0.717, 1.165) is 18.4 Å². The van der Waals surface area contributed by atoms with Crippen molar-refractivity contribution in [3.63, 3.8) is 0 Å². The van der Waals surface area contributed by atoms with Crippen molar-refractivity contribution in [2.75, 3.05) is 13.7 Å². The first-order valence-corrected chi connectivity index (χ1v) is 13.9. The van der Waals surface area contributed by atoms with Crippen molar-refractivity contribution in [2.45, 2.75) is 44.2 Å². The lowest BCUT2D eigenvalue weighted by Crippen LogP contribution is -2.41. The minimum atomic E-state index is -4.45. The van der Waals surface area contributed by atoms with Crippen LogP contribution >= 0.6 is 0 Å². The van der Waals surface area contributed by atoms with E-state index in [1.807, 2.05) is 15.7 Å². The number of amides is 1. The minimum absolute atomic E-state index is 0.000894. The molecule has 3 aromatic heterocycles. The number of benzene rings is 2. The number of ether oxygens (including phenoxy) is 1. The van der Waals surface area contributed by atoms with Crippen molar-refractivity contribution < 1.29 is 22.7 Å². The van der Waals surface area contributed by atoms with E-state index in [9.17, 15) is 18.0 Å². The lowest BCUT2D eigenvalue weighted by Gasteiger charge is -2.27. The molecule has 7 rings (SSSR count). The van der Waals surface area contributed by atoms with Crippen molar-refractivity contribution in [2.24, 2.45) is 18.7 Å². The lowest BCUT2D eigenvalue weighted by molar-refractivity contribution is -0.139. The van der Waals surface area contributed by atoms with Crippen molar-refractivity contribution in [3.8, 4) is 17.3 Å². The van der Waals surface area contributed by atoms with Gasteiger partial charge in [-0.1, -0.05) is 18.2 Å². The van der Waals surface area contributed by atoms with E-state index in [-0.39, 0.29) is 24.5 Å². The first-order valence-electron chi connectivity index (χ1n) is 13.9. The van der Waals surface area contributed by atoms with E-state index in [1.54, 1.807) is 60.4 Å². The molecule has 1 amide bonds. The molecule has 12 heteroatoms. The van der Waals surface area contributed by atoms with Gasteiger partial charge >= 0.3 is 6.18 Å². The number of aryl methyl sites for hydroxylation is 1. The van der Waals surface area contributed by atoms with Gasteiger partial charge in [-0.2, -0.15) is 18.3 Å². The topological polar surface area (TPSA) is 96.1 Å². The molecular formula is C30H30F3N7O2. The van der Waals surface area contributed by atoms with Crippen LogP contribution in [-0.2, 0) is 20.1 Å². The number of para-hydroxylation sites is 1. The van der Waals surface area contributed by atoms with E-state index in [2.05, 4.69) is 5.10 Å². The molecule has 2 aliphatic rings. The zero-order chi connectivity index (χ0) is 29.3. The number of nitrogens with zero attached hydrogens (tertiary/aromatic N) is 6. The SMILES string of the molecule is COc1cc(C(=O)N2CC3CCC2C3N)cc2nc(-c3cc4ccccc4n3CC(F)(F)F)n(Cc3cnn(C)c3)c12. The molecular weight excluding hydrogens is 547 g/mol. The number of fused-ring (bicyclic) bond motifs is 4. The fourth-order valence-electron chi connectivity index (χ4n) is 6.79. The number of carbonyl (C=O) groups excluding carboxylic acids is 1. The molecule has 218 valence electrons. The number of likely N-dealkylation sites (tertiary alicyclic amines) is 1. The van der Waals surface area contributed by atoms with E-state index in [1.165, 1.54) is 11.7 Å². The summed E-state index contributed by atoms with van der Waals surface area (Å²) in [7, 11) is 3.31. The van der Waals surface area contributed by atoms with Crippen LogP contribution in [0.1, 0.15) is 28.8 Å². The molecule has 1 aliphatic carbocycles. The summed E-state index contributed by atoms with van der Waals surface area (Å²) in [5, 5.41) is 4.93. The van der Waals surface area contributed by atoms with E-state index < -0.39 is 12.7 Å². The Morgan fingerprint density at radius 3 is 2.62 bits per heavy atom. The van der Waals surface area contributed by atoms with Crippen LogP contribution in [0.5, 0.6) is 5.75 Å². The van der Waals surface area contributed by atoms with Crippen molar-refractivity contribution >= 4 is 27.8 Å². The number of piperidine rings is 1. The summed E-state index contributed by atoms with van der Waals surface area (Å²) in [5.74, 6) is 0.892. The molecule has 1 saturated carbocycles. The van der Waals surface area contributed by atoms with Gasteiger partial charge in [-0.05, 0) is 43.0 Å². The Balaban J connectivity index is 1.43. The number of aromatic nitrogens is 5. The lowest BCUT2D eigenvalue weighted by atomic mass is 10.1. The van der Waals surface area contributed by atoms with Crippen LogP contribution in [0.4, 0.5) is 13.2 Å². The number of hydrogen-bond acceptors (Lipinski definition) is 5. The van der Waals surface area contributed by atoms with Gasteiger partial charge in [-0.25, -0.2) is 4.98 Å². The maximum absolute atomic E-state index is 13.9. The van der Waals surface area contributed by atoms with Gasteiger partial charge in [-0.15, -0.1) is 0 Å². The highest BCUT2D eigenvalue weighted by molar-refractivity contribution is 6.00. The Morgan fingerprint density at radius 2 is 1.95 bits per heavy atom. The highest BCUT2D eigenvalue weighted by Gasteiger charge is 2.47. The van der Waals surface area contributed by atoms with Gasteiger partial charge in [0.05, 0.1) is 31.1 Å². The van der Waals surface area contributed by atoms with E-state index in [4.69, 9.17) is 15.5 Å². The molecule has 2 fully saturated rings. The van der Waals surface area contributed by atoms with Crippen LogP contribution in [-0.4, -0.2) is 66.6 Å². The molecule has 2 aromatic carbocycles. The number of hydrogen-bond donors (Lipinski definition) is 1. The van der Waals surface area contributed by atoms with Gasteiger partial charge in [0, 0.05) is 53.9 Å². The molecule has 4 heterocycles. The second-order valence-corrected chi connectivity index (χ2v) is 11.3. The molecule has 2 N–H and O–H groups in total. The van der Waals surface area contributed by atoms with Crippen molar-refractivity contribution in [1.29, 1.82) is 0 Å². The number of nitrogens with two attached hydrogens (primary N) is 1. The molecule has 5 aromatic rings. The Hall–Kier alpha value is -4.32. The van der Waals surface area contributed by atoms with E-state index >= 15 is 0 Å². The smallest absolute Gasteiger partial charge is 0.406 e. The second kappa shape index (κ2) is 9.62. The maximum atomic E-state index is 13.9. The molecule has 2 bridgehead atoms. The number of halogens is 3. The van der Waals surface area contributed by atoms with Crippen LogP contribution < -0.4 is 10.5 Å². The summed E-state index contributed by atoms with van der Waals surface area (Å²) in [4.78, 5) is 20.4. The fourth-order valence-corrected chi connectivity index (χ4v) is 6.79. The third kappa shape index (κ3) is 4.32. The first-order chi connectivity index (χ1) is 20.1. The van der Waals surface area contributed by atoms with Gasteiger partial charge in [0.15, 0.2) is 5.82 Å². The van der Waals surface area contributed by atoms with Crippen LogP contribution in [0.15, 0.2) is 54.9 Å².